The third-order valence-electron chi connectivity index (χ3n) is 3.30. The van der Waals surface area contributed by atoms with Gasteiger partial charge in [0.05, 0.1) is 11.9 Å². The van der Waals surface area contributed by atoms with E-state index in [-0.39, 0.29) is 5.92 Å². The molecule has 2 rings (SSSR count). The molecule has 3 nitrogen and oxygen atoms in total. The second kappa shape index (κ2) is 5.36. The van der Waals surface area contributed by atoms with Gasteiger partial charge >= 0.3 is 0 Å². The molecular weight excluding hydrogens is 222 g/mol. The largest absolute Gasteiger partial charge is 0.342 e. The van der Waals surface area contributed by atoms with Crippen molar-refractivity contribution in [3.05, 3.63) is 41.9 Å². The predicted octanol–water partition coefficient (Wildman–Crippen LogP) is 3.26. The van der Waals surface area contributed by atoms with Gasteiger partial charge in [0.25, 0.3) is 0 Å². The van der Waals surface area contributed by atoms with E-state index in [1.807, 2.05) is 6.20 Å². The van der Waals surface area contributed by atoms with Crippen molar-refractivity contribution in [3.8, 4) is 11.3 Å². The summed E-state index contributed by atoms with van der Waals surface area (Å²) in [6.07, 6.45) is 1.88. The molecule has 1 atom stereocenters. The van der Waals surface area contributed by atoms with Gasteiger partial charge in [0, 0.05) is 12.5 Å². The van der Waals surface area contributed by atoms with Crippen molar-refractivity contribution in [1.82, 2.24) is 9.97 Å². The zero-order valence-corrected chi connectivity index (χ0v) is 11.3. The van der Waals surface area contributed by atoms with Crippen LogP contribution in [-0.2, 0) is 0 Å². The van der Waals surface area contributed by atoms with Crippen LogP contribution in [0.5, 0.6) is 0 Å². The van der Waals surface area contributed by atoms with Gasteiger partial charge in [-0.15, -0.1) is 0 Å². The Morgan fingerprint density at radius 2 is 1.83 bits per heavy atom. The van der Waals surface area contributed by atoms with Gasteiger partial charge in [-0.25, -0.2) is 4.98 Å². The van der Waals surface area contributed by atoms with Crippen LogP contribution < -0.4 is 5.73 Å². The molecule has 3 heteroatoms. The average molecular weight is 243 g/mol. The lowest BCUT2D eigenvalue weighted by Gasteiger charge is -2.06. The van der Waals surface area contributed by atoms with Gasteiger partial charge < -0.3 is 10.7 Å². The van der Waals surface area contributed by atoms with Gasteiger partial charge in [0.15, 0.2) is 0 Å². The van der Waals surface area contributed by atoms with Crippen LogP contribution in [0.15, 0.2) is 30.5 Å². The summed E-state index contributed by atoms with van der Waals surface area (Å²) in [5.41, 5.74) is 9.23. The molecule has 0 amide bonds. The second-order valence-corrected chi connectivity index (χ2v) is 5.10. The molecule has 0 aliphatic heterocycles. The normalized spacial score (nSPS) is 12.9. The van der Waals surface area contributed by atoms with Crippen molar-refractivity contribution >= 4 is 0 Å². The minimum Gasteiger partial charge on any atom is -0.342 e. The van der Waals surface area contributed by atoms with Gasteiger partial charge in [-0.3, -0.25) is 0 Å². The summed E-state index contributed by atoms with van der Waals surface area (Å²) < 4.78 is 0. The molecule has 1 unspecified atom stereocenters. The predicted molar refractivity (Wildman–Crippen MR) is 75.6 cm³/mol. The van der Waals surface area contributed by atoms with Crippen molar-refractivity contribution in [1.29, 1.82) is 0 Å². The number of nitrogens with zero attached hydrogens (tertiary/aromatic N) is 1. The first-order chi connectivity index (χ1) is 8.61. The highest BCUT2D eigenvalue weighted by molar-refractivity contribution is 5.59. The smallest absolute Gasteiger partial charge is 0.110 e. The molecule has 2 aromatic rings. The minimum absolute atomic E-state index is 0.272. The lowest BCUT2D eigenvalue weighted by atomic mass is 10.0. The molecule has 3 N–H and O–H groups in total. The Kier molecular flexibility index (Phi) is 3.82. The van der Waals surface area contributed by atoms with Crippen LogP contribution >= 0.6 is 0 Å². The van der Waals surface area contributed by atoms with Gasteiger partial charge in [-0.2, -0.15) is 0 Å². The van der Waals surface area contributed by atoms with E-state index in [1.165, 1.54) is 11.1 Å². The highest BCUT2D eigenvalue weighted by Crippen LogP contribution is 2.22. The third-order valence-corrected chi connectivity index (χ3v) is 3.30. The van der Waals surface area contributed by atoms with Crippen molar-refractivity contribution in [2.75, 3.05) is 6.54 Å². The Morgan fingerprint density at radius 1 is 1.17 bits per heavy atom. The van der Waals surface area contributed by atoms with E-state index in [1.54, 1.807) is 0 Å². The lowest BCUT2D eigenvalue weighted by Crippen LogP contribution is -2.10. The molecule has 0 spiro atoms. The quantitative estimate of drug-likeness (QED) is 0.866. The van der Waals surface area contributed by atoms with Crippen molar-refractivity contribution in [2.24, 2.45) is 5.73 Å². The van der Waals surface area contributed by atoms with Crippen LogP contribution in [0, 0.1) is 0 Å². The number of H-pyrrole nitrogens is 1. The van der Waals surface area contributed by atoms with Crippen LogP contribution in [0.25, 0.3) is 11.3 Å². The maximum absolute atomic E-state index is 5.65. The average Bonchev–Trinajstić information content (AvgIpc) is 2.87. The van der Waals surface area contributed by atoms with E-state index in [9.17, 15) is 0 Å². The molecule has 1 heterocycles. The van der Waals surface area contributed by atoms with Crippen molar-refractivity contribution in [3.63, 3.8) is 0 Å². The molecule has 0 saturated carbocycles. The SMILES string of the molecule is CC(C)c1ccc(-c2cnc(C(C)CN)[nH]2)cc1. The number of nitrogens with one attached hydrogen (secondary N) is 1. The number of nitrogens with two attached hydrogens (primary N) is 1. The Hall–Kier alpha value is -1.61. The molecule has 0 fully saturated rings. The van der Waals surface area contributed by atoms with Crippen molar-refractivity contribution in [2.45, 2.75) is 32.6 Å². The van der Waals surface area contributed by atoms with Gasteiger partial charge in [-0.05, 0) is 17.0 Å². The minimum atomic E-state index is 0.272. The topological polar surface area (TPSA) is 54.7 Å². The Balaban J connectivity index is 2.23. The molecule has 1 aromatic heterocycles. The fourth-order valence-electron chi connectivity index (χ4n) is 1.89. The Labute approximate surface area is 108 Å². The standard InChI is InChI=1S/C15H21N3/c1-10(2)12-4-6-13(7-5-12)14-9-17-15(18-14)11(3)8-16/h4-7,9-11H,8,16H2,1-3H3,(H,17,18). The first-order valence-corrected chi connectivity index (χ1v) is 6.47. The molecular formula is C15H21N3. The Morgan fingerprint density at radius 3 is 2.39 bits per heavy atom. The van der Waals surface area contributed by atoms with E-state index in [4.69, 9.17) is 5.73 Å². The molecule has 0 bridgehead atoms. The number of hydrogen-bond acceptors (Lipinski definition) is 2. The maximum Gasteiger partial charge on any atom is 0.110 e. The lowest BCUT2D eigenvalue weighted by molar-refractivity contribution is 0.725. The van der Waals surface area contributed by atoms with E-state index in [0.717, 1.165) is 11.5 Å². The molecule has 0 radical (unpaired) electrons. The number of benzene rings is 1. The molecule has 0 aliphatic carbocycles. The zero-order valence-electron chi connectivity index (χ0n) is 11.3. The first kappa shape index (κ1) is 12.8. The van der Waals surface area contributed by atoms with E-state index >= 15 is 0 Å². The fraction of sp³-hybridized carbons (Fsp3) is 0.400. The number of aromatic amines is 1. The molecule has 96 valence electrons. The van der Waals surface area contributed by atoms with Crippen LogP contribution in [0.4, 0.5) is 0 Å². The van der Waals surface area contributed by atoms with E-state index < -0.39 is 0 Å². The molecule has 18 heavy (non-hydrogen) atoms. The highest BCUT2D eigenvalue weighted by Gasteiger charge is 2.09. The van der Waals surface area contributed by atoms with Crippen LogP contribution in [0.1, 0.15) is 44.0 Å². The number of imidazole rings is 1. The Bertz CT molecular complexity index is 497. The summed E-state index contributed by atoms with van der Waals surface area (Å²) in [5.74, 6) is 1.79. The maximum atomic E-state index is 5.65. The summed E-state index contributed by atoms with van der Waals surface area (Å²) in [6.45, 7) is 7.09. The molecule has 1 aromatic carbocycles. The fourth-order valence-corrected chi connectivity index (χ4v) is 1.89. The number of rotatable bonds is 4. The van der Waals surface area contributed by atoms with Crippen molar-refractivity contribution < 1.29 is 0 Å². The summed E-state index contributed by atoms with van der Waals surface area (Å²) in [7, 11) is 0. The van der Waals surface area contributed by atoms with Gasteiger partial charge in [0.2, 0.25) is 0 Å². The molecule has 0 saturated heterocycles. The van der Waals surface area contributed by atoms with Crippen LogP contribution in [0.2, 0.25) is 0 Å². The summed E-state index contributed by atoms with van der Waals surface area (Å²) in [4.78, 5) is 7.72. The van der Waals surface area contributed by atoms with E-state index in [2.05, 4.69) is 55.0 Å². The molecule has 0 aliphatic rings. The first-order valence-electron chi connectivity index (χ1n) is 6.47. The monoisotopic (exact) mass is 243 g/mol. The highest BCUT2D eigenvalue weighted by atomic mass is 14.9. The van der Waals surface area contributed by atoms with Crippen LogP contribution in [-0.4, -0.2) is 16.5 Å². The second-order valence-electron chi connectivity index (χ2n) is 5.10. The summed E-state index contributed by atoms with van der Waals surface area (Å²) in [6, 6.07) is 8.62. The number of hydrogen-bond donors (Lipinski definition) is 2. The third kappa shape index (κ3) is 2.62. The zero-order chi connectivity index (χ0) is 13.1. The summed E-state index contributed by atoms with van der Waals surface area (Å²) in [5, 5.41) is 0. The van der Waals surface area contributed by atoms with Crippen LogP contribution in [0.3, 0.4) is 0 Å². The number of aromatic nitrogens is 2. The van der Waals surface area contributed by atoms with Gasteiger partial charge in [-0.1, -0.05) is 45.0 Å². The van der Waals surface area contributed by atoms with E-state index in [0.29, 0.717) is 12.5 Å². The summed E-state index contributed by atoms with van der Waals surface area (Å²) >= 11 is 0. The van der Waals surface area contributed by atoms with Gasteiger partial charge in [0.1, 0.15) is 5.82 Å².